The lowest BCUT2D eigenvalue weighted by Gasteiger charge is -2.24. The molecule has 0 N–H and O–H groups in total. The highest BCUT2D eigenvalue weighted by atomic mass is 16.5. The fourth-order valence-electron chi connectivity index (χ4n) is 3.76. The molecule has 1 aromatic rings. The Hall–Kier alpha value is -2.04. The average molecular weight is 316 g/mol. The maximum absolute atomic E-state index is 12.9. The van der Waals surface area contributed by atoms with E-state index in [1.807, 2.05) is 36.9 Å². The number of carbonyl (C=O) groups excluding carboxylic acids is 2. The summed E-state index contributed by atoms with van der Waals surface area (Å²) in [5.41, 5.74) is 1.31. The molecule has 2 aliphatic rings. The van der Waals surface area contributed by atoms with E-state index in [0.29, 0.717) is 31.8 Å². The van der Waals surface area contributed by atoms with Crippen LogP contribution in [0.15, 0.2) is 18.2 Å². The van der Waals surface area contributed by atoms with Gasteiger partial charge in [0.05, 0.1) is 12.5 Å². The topological polar surface area (TPSA) is 49.9 Å². The third-order valence-electron chi connectivity index (χ3n) is 5.00. The highest BCUT2D eigenvalue weighted by Crippen LogP contribution is 2.48. The smallest absolute Gasteiger partial charge is 0.239 e. The molecule has 1 aromatic carbocycles. The van der Waals surface area contributed by atoms with Crippen molar-refractivity contribution >= 4 is 17.5 Å². The van der Waals surface area contributed by atoms with Crippen LogP contribution in [0.2, 0.25) is 0 Å². The maximum Gasteiger partial charge on any atom is 0.239 e. The number of carbonyl (C=O) groups is 2. The van der Waals surface area contributed by atoms with Crippen LogP contribution in [0.5, 0.6) is 5.75 Å². The molecule has 5 nitrogen and oxygen atoms in total. The summed E-state index contributed by atoms with van der Waals surface area (Å²) in [5, 5.41) is 0. The third kappa shape index (κ3) is 2.38. The van der Waals surface area contributed by atoms with Gasteiger partial charge >= 0.3 is 0 Å². The first kappa shape index (κ1) is 15.8. The molecule has 2 amide bonds. The quantitative estimate of drug-likeness (QED) is 0.859. The largest absolute Gasteiger partial charge is 0.497 e. The molecule has 2 aliphatic heterocycles. The molecule has 0 unspecified atom stereocenters. The number of anilines is 1. The molecule has 3 rings (SSSR count). The van der Waals surface area contributed by atoms with Gasteiger partial charge in [-0.1, -0.05) is 13.8 Å². The number of hydrogen-bond donors (Lipinski definition) is 0. The highest BCUT2D eigenvalue weighted by molar-refractivity contribution is 6.08. The van der Waals surface area contributed by atoms with Crippen molar-refractivity contribution in [2.45, 2.75) is 32.1 Å². The molecular weight excluding hydrogens is 292 g/mol. The molecule has 0 bridgehead atoms. The summed E-state index contributed by atoms with van der Waals surface area (Å²) in [7, 11) is 3.43. The lowest BCUT2D eigenvalue weighted by atomic mass is 9.81. The second-order valence-electron chi connectivity index (χ2n) is 6.99. The number of benzene rings is 1. The summed E-state index contributed by atoms with van der Waals surface area (Å²) in [6.45, 7) is 5.19. The second kappa shape index (κ2) is 5.55. The van der Waals surface area contributed by atoms with Crippen LogP contribution < -0.4 is 9.64 Å². The Morgan fingerprint density at radius 2 is 2.13 bits per heavy atom. The van der Waals surface area contributed by atoms with Crippen LogP contribution in [-0.4, -0.2) is 44.0 Å². The van der Waals surface area contributed by atoms with Gasteiger partial charge in [-0.25, -0.2) is 0 Å². The first-order chi connectivity index (χ1) is 10.9. The minimum Gasteiger partial charge on any atom is -0.497 e. The lowest BCUT2D eigenvalue weighted by molar-refractivity contribution is -0.131. The molecule has 1 fully saturated rings. The van der Waals surface area contributed by atoms with E-state index in [4.69, 9.17) is 4.74 Å². The van der Waals surface area contributed by atoms with Crippen LogP contribution in [0.3, 0.4) is 0 Å². The Morgan fingerprint density at radius 3 is 2.78 bits per heavy atom. The van der Waals surface area contributed by atoms with Crippen molar-refractivity contribution in [1.82, 2.24) is 4.90 Å². The number of ether oxygens (including phenoxy) is 1. The van der Waals surface area contributed by atoms with Gasteiger partial charge in [-0.2, -0.15) is 0 Å². The average Bonchev–Trinajstić information content (AvgIpc) is 3.05. The third-order valence-corrected chi connectivity index (χ3v) is 5.00. The molecule has 0 aliphatic carbocycles. The standard InChI is InChI=1S/C18H24N2O3/c1-12(2)9-16(21)20-8-7-18(11-20)14-10-13(23-4)5-6-15(14)19(3)17(18)22/h5-6,10,12H,7-9,11H2,1-4H3/t18-/m0/s1. The summed E-state index contributed by atoms with van der Waals surface area (Å²) < 4.78 is 5.33. The SMILES string of the molecule is COc1ccc2c(c1)[C@@]1(CCN(C(=O)CC(C)C)C1)C(=O)N2C. The number of nitrogens with zero attached hydrogens (tertiary/aromatic N) is 2. The maximum atomic E-state index is 12.9. The van der Waals surface area contributed by atoms with Crippen molar-refractivity contribution in [2.24, 2.45) is 5.92 Å². The lowest BCUT2D eigenvalue weighted by Crippen LogP contribution is -2.42. The normalized spacial score (nSPS) is 23.1. The zero-order valence-corrected chi connectivity index (χ0v) is 14.3. The van der Waals surface area contributed by atoms with Gasteiger partial charge < -0.3 is 14.5 Å². The fourth-order valence-corrected chi connectivity index (χ4v) is 3.76. The van der Waals surface area contributed by atoms with E-state index in [0.717, 1.165) is 17.0 Å². The number of methoxy groups -OCH3 is 1. The van der Waals surface area contributed by atoms with Crippen molar-refractivity contribution in [3.8, 4) is 5.75 Å². The van der Waals surface area contributed by atoms with Crippen LogP contribution in [0.4, 0.5) is 5.69 Å². The predicted molar refractivity (Wildman–Crippen MR) is 88.7 cm³/mol. The molecule has 1 spiro atoms. The van der Waals surface area contributed by atoms with Gasteiger partial charge in [-0.3, -0.25) is 9.59 Å². The van der Waals surface area contributed by atoms with Gasteiger partial charge in [-0.15, -0.1) is 0 Å². The zero-order chi connectivity index (χ0) is 16.8. The minimum absolute atomic E-state index is 0.0839. The first-order valence-electron chi connectivity index (χ1n) is 8.13. The van der Waals surface area contributed by atoms with E-state index in [1.165, 1.54) is 0 Å². The van der Waals surface area contributed by atoms with E-state index in [1.54, 1.807) is 19.1 Å². The van der Waals surface area contributed by atoms with E-state index in [9.17, 15) is 9.59 Å². The van der Waals surface area contributed by atoms with Crippen molar-refractivity contribution in [1.29, 1.82) is 0 Å². The molecule has 1 atom stereocenters. The molecule has 23 heavy (non-hydrogen) atoms. The highest BCUT2D eigenvalue weighted by Gasteiger charge is 2.54. The van der Waals surface area contributed by atoms with Crippen molar-refractivity contribution in [3.05, 3.63) is 23.8 Å². The zero-order valence-electron chi connectivity index (χ0n) is 14.3. The molecule has 2 heterocycles. The Morgan fingerprint density at radius 1 is 1.39 bits per heavy atom. The molecular formula is C18H24N2O3. The number of fused-ring (bicyclic) bond motifs is 2. The fraction of sp³-hybridized carbons (Fsp3) is 0.556. The Balaban J connectivity index is 1.94. The van der Waals surface area contributed by atoms with Gasteiger partial charge in [0, 0.05) is 32.2 Å². The molecule has 0 radical (unpaired) electrons. The summed E-state index contributed by atoms with van der Waals surface area (Å²) in [6.07, 6.45) is 1.21. The van der Waals surface area contributed by atoms with Crippen LogP contribution in [0.25, 0.3) is 0 Å². The van der Waals surface area contributed by atoms with E-state index >= 15 is 0 Å². The molecule has 0 saturated carbocycles. The van der Waals surface area contributed by atoms with Crippen LogP contribution >= 0.6 is 0 Å². The van der Waals surface area contributed by atoms with Crippen molar-refractivity contribution in [3.63, 3.8) is 0 Å². The first-order valence-corrected chi connectivity index (χ1v) is 8.13. The predicted octanol–water partition coefficient (Wildman–Crippen LogP) is 2.19. The van der Waals surface area contributed by atoms with Crippen LogP contribution in [-0.2, 0) is 15.0 Å². The van der Waals surface area contributed by atoms with Crippen molar-refractivity contribution < 1.29 is 14.3 Å². The molecule has 124 valence electrons. The Kier molecular flexibility index (Phi) is 3.82. The summed E-state index contributed by atoms with van der Waals surface area (Å²) >= 11 is 0. The number of likely N-dealkylation sites (tertiary alicyclic amines) is 1. The molecule has 1 saturated heterocycles. The minimum atomic E-state index is -0.606. The number of likely N-dealkylation sites (N-methyl/N-ethyl adjacent to an activating group) is 1. The van der Waals surface area contributed by atoms with E-state index in [2.05, 4.69) is 0 Å². The number of rotatable bonds is 3. The van der Waals surface area contributed by atoms with Gasteiger partial charge in [0.2, 0.25) is 11.8 Å². The number of amides is 2. The van der Waals surface area contributed by atoms with Gasteiger partial charge in [0.25, 0.3) is 0 Å². The molecule has 5 heteroatoms. The molecule has 0 aromatic heterocycles. The van der Waals surface area contributed by atoms with Gasteiger partial charge in [0.15, 0.2) is 0 Å². The Labute approximate surface area is 137 Å². The van der Waals surface area contributed by atoms with E-state index in [-0.39, 0.29) is 11.8 Å². The van der Waals surface area contributed by atoms with Crippen LogP contribution in [0.1, 0.15) is 32.3 Å². The summed E-state index contributed by atoms with van der Waals surface area (Å²) in [4.78, 5) is 28.9. The Bertz CT molecular complexity index is 656. The van der Waals surface area contributed by atoms with Gasteiger partial charge in [0.1, 0.15) is 5.75 Å². The van der Waals surface area contributed by atoms with Gasteiger partial charge in [-0.05, 0) is 36.1 Å². The second-order valence-corrected chi connectivity index (χ2v) is 6.99. The van der Waals surface area contributed by atoms with Crippen LogP contribution in [0, 0.1) is 5.92 Å². The number of hydrogen-bond acceptors (Lipinski definition) is 3. The monoisotopic (exact) mass is 316 g/mol. The summed E-state index contributed by atoms with van der Waals surface area (Å²) in [6, 6.07) is 5.75. The van der Waals surface area contributed by atoms with E-state index < -0.39 is 5.41 Å². The van der Waals surface area contributed by atoms with Crippen molar-refractivity contribution in [2.75, 3.05) is 32.1 Å². The summed E-state index contributed by atoms with van der Waals surface area (Å²) in [5.74, 6) is 1.30.